The van der Waals surface area contributed by atoms with E-state index in [0.29, 0.717) is 6.29 Å². The van der Waals surface area contributed by atoms with Crippen LogP contribution in [0.2, 0.25) is 0 Å². The zero-order valence-corrected chi connectivity index (χ0v) is 8.04. The number of hydrogen-bond acceptors (Lipinski definition) is 5. The second-order valence-corrected chi connectivity index (χ2v) is 2.63. The summed E-state index contributed by atoms with van der Waals surface area (Å²) in [6, 6.07) is 0.827. The van der Waals surface area contributed by atoms with Crippen LogP contribution >= 0.6 is 0 Å². The lowest BCUT2D eigenvalue weighted by atomic mass is 10.2. The first-order chi connectivity index (χ1) is 7.37. The van der Waals surface area contributed by atoms with Gasteiger partial charge in [0.1, 0.15) is 11.6 Å². The van der Waals surface area contributed by atoms with Crippen molar-refractivity contribution in [2.75, 3.05) is 12.8 Å². The van der Waals surface area contributed by atoms with E-state index in [1.165, 1.54) is 7.11 Å². The van der Waals surface area contributed by atoms with Gasteiger partial charge in [-0.25, -0.2) is 0 Å². The Morgan fingerprint density at radius 3 is 2.56 bits per heavy atom. The fraction of sp³-hybridized carbons (Fsp3) is 0.250. The Labute approximate surface area is 88.0 Å². The predicted molar refractivity (Wildman–Crippen MR) is 47.3 cm³/mol. The van der Waals surface area contributed by atoms with E-state index in [1.807, 2.05) is 0 Å². The number of pyridine rings is 1. The molecule has 1 rings (SSSR count). The summed E-state index contributed by atoms with van der Waals surface area (Å²) in [6.45, 7) is 0. The van der Waals surface area contributed by atoms with Gasteiger partial charge in [-0.3, -0.25) is 4.79 Å². The minimum Gasteiger partial charge on any atom is -0.496 e. The number of aldehydes is 1. The Morgan fingerprint density at radius 2 is 2.12 bits per heavy atom. The summed E-state index contributed by atoms with van der Waals surface area (Å²) in [5, 5.41) is 0. The molecule has 0 spiro atoms. The van der Waals surface area contributed by atoms with E-state index in [0.717, 1.165) is 6.07 Å². The van der Waals surface area contributed by atoms with Crippen LogP contribution in [-0.2, 0) is 0 Å². The average molecular weight is 236 g/mol. The van der Waals surface area contributed by atoms with Crippen LogP contribution < -0.4 is 15.2 Å². The molecule has 0 fully saturated rings. The van der Waals surface area contributed by atoms with Crippen molar-refractivity contribution in [3.8, 4) is 11.6 Å². The molecule has 8 heteroatoms. The summed E-state index contributed by atoms with van der Waals surface area (Å²) in [5.41, 5.74) is 5.13. The van der Waals surface area contributed by atoms with E-state index in [1.54, 1.807) is 0 Å². The molecule has 0 saturated heterocycles. The molecule has 0 unspecified atom stereocenters. The molecule has 0 bridgehead atoms. The first-order valence-corrected chi connectivity index (χ1v) is 3.93. The lowest BCUT2D eigenvalue weighted by Crippen LogP contribution is -2.18. The summed E-state index contributed by atoms with van der Waals surface area (Å²) >= 11 is 0. The van der Waals surface area contributed by atoms with Gasteiger partial charge in [-0.05, 0) is 0 Å². The number of carbonyl (C=O) groups is 1. The zero-order chi connectivity index (χ0) is 12.3. The molecule has 0 aliphatic heterocycles. The van der Waals surface area contributed by atoms with E-state index >= 15 is 0 Å². The average Bonchev–Trinajstić information content (AvgIpc) is 2.14. The highest BCUT2D eigenvalue weighted by atomic mass is 19.4. The molecule has 0 aromatic carbocycles. The van der Waals surface area contributed by atoms with E-state index in [-0.39, 0.29) is 11.3 Å². The molecule has 1 heterocycles. The van der Waals surface area contributed by atoms with Crippen molar-refractivity contribution in [1.29, 1.82) is 0 Å². The number of ether oxygens (including phenoxy) is 2. The molecule has 0 aliphatic carbocycles. The van der Waals surface area contributed by atoms with Gasteiger partial charge in [0.05, 0.1) is 12.7 Å². The standard InChI is InChI=1S/C8H7F3N2O3/c1-15-5-2-6(16-8(9,10)11)13-7(12)4(5)3-14/h2-3H,1H3,(H2,12,13). The number of aromatic nitrogens is 1. The van der Waals surface area contributed by atoms with Crippen molar-refractivity contribution in [1.82, 2.24) is 4.98 Å². The Bertz CT molecular complexity index is 406. The Hall–Kier alpha value is -1.99. The van der Waals surface area contributed by atoms with Gasteiger partial charge in [0, 0.05) is 6.07 Å². The van der Waals surface area contributed by atoms with Crippen LogP contribution in [0.3, 0.4) is 0 Å². The Morgan fingerprint density at radius 1 is 1.50 bits per heavy atom. The predicted octanol–water partition coefficient (Wildman–Crippen LogP) is 1.38. The van der Waals surface area contributed by atoms with Gasteiger partial charge in [0.15, 0.2) is 6.29 Å². The second-order valence-electron chi connectivity index (χ2n) is 2.63. The maximum absolute atomic E-state index is 11.9. The molecule has 0 amide bonds. The molecule has 2 N–H and O–H groups in total. The summed E-state index contributed by atoms with van der Waals surface area (Å²) < 4.78 is 43.8. The summed E-state index contributed by atoms with van der Waals surface area (Å²) in [6.07, 6.45) is -4.55. The number of alkyl halides is 3. The molecule has 0 aliphatic rings. The minimum atomic E-state index is -4.88. The zero-order valence-electron chi connectivity index (χ0n) is 8.04. The van der Waals surface area contributed by atoms with Crippen LogP contribution in [0.4, 0.5) is 19.0 Å². The van der Waals surface area contributed by atoms with Crippen molar-refractivity contribution in [3.05, 3.63) is 11.6 Å². The lowest BCUT2D eigenvalue weighted by molar-refractivity contribution is -0.276. The molecule has 1 aromatic rings. The monoisotopic (exact) mass is 236 g/mol. The van der Waals surface area contributed by atoms with Gasteiger partial charge in [-0.1, -0.05) is 0 Å². The van der Waals surface area contributed by atoms with Gasteiger partial charge < -0.3 is 15.2 Å². The number of carbonyl (C=O) groups excluding carboxylic acids is 1. The van der Waals surface area contributed by atoms with Crippen LogP contribution in [0.25, 0.3) is 0 Å². The summed E-state index contributed by atoms with van der Waals surface area (Å²) in [4.78, 5) is 13.8. The Kier molecular flexibility index (Phi) is 3.21. The van der Waals surface area contributed by atoms with Crippen LogP contribution in [0.5, 0.6) is 11.6 Å². The third-order valence-electron chi connectivity index (χ3n) is 1.58. The van der Waals surface area contributed by atoms with Crippen LogP contribution in [0, 0.1) is 0 Å². The van der Waals surface area contributed by atoms with Gasteiger partial charge in [-0.15, -0.1) is 13.2 Å². The van der Waals surface area contributed by atoms with Crippen LogP contribution in [0.15, 0.2) is 6.07 Å². The quantitative estimate of drug-likeness (QED) is 0.802. The van der Waals surface area contributed by atoms with Gasteiger partial charge in [0.2, 0.25) is 5.88 Å². The maximum atomic E-state index is 11.9. The van der Waals surface area contributed by atoms with Crippen molar-refractivity contribution < 1.29 is 27.4 Å². The van der Waals surface area contributed by atoms with Gasteiger partial charge in [0.25, 0.3) is 0 Å². The minimum absolute atomic E-state index is 0.128. The van der Waals surface area contributed by atoms with Crippen LogP contribution in [-0.4, -0.2) is 24.7 Å². The van der Waals surface area contributed by atoms with E-state index < -0.39 is 18.1 Å². The number of hydrogen-bond donors (Lipinski definition) is 1. The van der Waals surface area contributed by atoms with Crippen molar-refractivity contribution in [2.24, 2.45) is 0 Å². The molecule has 88 valence electrons. The maximum Gasteiger partial charge on any atom is 0.574 e. The van der Waals surface area contributed by atoms with Gasteiger partial charge in [-0.2, -0.15) is 4.98 Å². The molecular weight excluding hydrogens is 229 g/mol. The fourth-order valence-electron chi connectivity index (χ4n) is 0.986. The van der Waals surface area contributed by atoms with E-state index in [9.17, 15) is 18.0 Å². The number of halogens is 3. The molecule has 0 radical (unpaired) electrons. The largest absolute Gasteiger partial charge is 0.574 e. The van der Waals surface area contributed by atoms with Crippen molar-refractivity contribution >= 4 is 12.1 Å². The third-order valence-corrected chi connectivity index (χ3v) is 1.58. The number of nitrogen functional groups attached to an aromatic ring is 1. The SMILES string of the molecule is COc1cc(OC(F)(F)F)nc(N)c1C=O. The van der Waals surface area contributed by atoms with E-state index in [4.69, 9.17) is 5.73 Å². The highest BCUT2D eigenvalue weighted by Crippen LogP contribution is 2.29. The van der Waals surface area contributed by atoms with Crippen molar-refractivity contribution in [3.63, 3.8) is 0 Å². The number of nitrogens with zero attached hydrogens (tertiary/aromatic N) is 1. The first kappa shape index (κ1) is 12.1. The summed E-state index contributed by atoms with van der Waals surface area (Å²) in [5.74, 6) is -1.32. The molecular formula is C8H7F3N2O3. The number of methoxy groups -OCH3 is 1. The summed E-state index contributed by atoms with van der Waals surface area (Å²) in [7, 11) is 1.18. The molecule has 0 atom stereocenters. The van der Waals surface area contributed by atoms with Crippen LogP contribution in [0.1, 0.15) is 10.4 Å². The molecule has 16 heavy (non-hydrogen) atoms. The normalized spacial score (nSPS) is 11.0. The fourth-order valence-corrected chi connectivity index (χ4v) is 0.986. The lowest BCUT2D eigenvalue weighted by Gasteiger charge is -2.11. The second kappa shape index (κ2) is 4.25. The van der Waals surface area contributed by atoms with E-state index in [2.05, 4.69) is 14.5 Å². The highest BCUT2D eigenvalue weighted by molar-refractivity contribution is 5.86. The number of nitrogens with two attached hydrogens (primary N) is 1. The highest BCUT2D eigenvalue weighted by Gasteiger charge is 2.32. The number of anilines is 1. The first-order valence-electron chi connectivity index (χ1n) is 3.93. The third kappa shape index (κ3) is 2.75. The topological polar surface area (TPSA) is 74.4 Å². The Balaban J connectivity index is 3.15. The number of rotatable bonds is 3. The smallest absolute Gasteiger partial charge is 0.496 e. The van der Waals surface area contributed by atoms with Gasteiger partial charge >= 0.3 is 6.36 Å². The molecule has 0 saturated carbocycles. The van der Waals surface area contributed by atoms with Crippen molar-refractivity contribution in [2.45, 2.75) is 6.36 Å². The molecule has 1 aromatic heterocycles. The molecule has 5 nitrogen and oxygen atoms in total.